The first-order valence-electron chi connectivity index (χ1n) is 21.2. The van der Waals surface area contributed by atoms with Crippen LogP contribution in [0.2, 0.25) is 0 Å². The van der Waals surface area contributed by atoms with Crippen LogP contribution in [0.25, 0.3) is 120 Å². The van der Waals surface area contributed by atoms with Crippen molar-refractivity contribution >= 4 is 75.1 Å². The molecule has 0 radical (unpaired) electrons. The van der Waals surface area contributed by atoms with Gasteiger partial charge in [-0.1, -0.05) is 164 Å². The van der Waals surface area contributed by atoms with Gasteiger partial charge in [0.05, 0.1) is 32.5 Å². The lowest BCUT2D eigenvalue weighted by molar-refractivity contribution is 1.07. The molecule has 0 aliphatic carbocycles. The van der Waals surface area contributed by atoms with Gasteiger partial charge in [-0.05, 0) is 59.7 Å². The van der Waals surface area contributed by atoms with E-state index in [0.29, 0.717) is 17.5 Å². The van der Waals surface area contributed by atoms with E-state index < -0.39 is 0 Å². The van der Waals surface area contributed by atoms with E-state index in [4.69, 9.17) is 15.0 Å². The van der Waals surface area contributed by atoms with E-state index in [0.717, 1.165) is 27.9 Å². The number of thiophene rings is 1. The third kappa shape index (κ3) is 5.66. The molecular formula is C57H35N5S. The normalized spacial score (nSPS) is 11.8. The van der Waals surface area contributed by atoms with E-state index in [1.54, 1.807) is 0 Å². The van der Waals surface area contributed by atoms with Crippen molar-refractivity contribution in [2.45, 2.75) is 0 Å². The maximum Gasteiger partial charge on any atom is 0.164 e. The summed E-state index contributed by atoms with van der Waals surface area (Å²) >= 11 is 1.87. The minimum absolute atomic E-state index is 0.633. The molecule has 0 unspecified atom stereocenters. The molecule has 0 saturated heterocycles. The highest BCUT2D eigenvalue weighted by Crippen LogP contribution is 2.46. The zero-order valence-electron chi connectivity index (χ0n) is 33.9. The molecule has 4 heterocycles. The van der Waals surface area contributed by atoms with Crippen molar-refractivity contribution < 1.29 is 0 Å². The Morgan fingerprint density at radius 2 is 0.889 bits per heavy atom. The van der Waals surface area contributed by atoms with Crippen molar-refractivity contribution in [3.05, 3.63) is 212 Å². The number of benzene rings is 9. The summed E-state index contributed by atoms with van der Waals surface area (Å²) in [6.45, 7) is 0. The maximum atomic E-state index is 5.11. The molecule has 0 amide bonds. The van der Waals surface area contributed by atoms with Crippen LogP contribution in [0.15, 0.2) is 212 Å². The lowest BCUT2D eigenvalue weighted by Crippen LogP contribution is -2.00. The monoisotopic (exact) mass is 821 g/mol. The molecule has 13 rings (SSSR count). The molecule has 6 heteroatoms. The lowest BCUT2D eigenvalue weighted by Gasteiger charge is -2.11. The Morgan fingerprint density at radius 1 is 0.333 bits per heavy atom. The van der Waals surface area contributed by atoms with Gasteiger partial charge in [0.25, 0.3) is 0 Å². The van der Waals surface area contributed by atoms with Crippen LogP contribution in [0.4, 0.5) is 0 Å². The van der Waals surface area contributed by atoms with Crippen LogP contribution < -0.4 is 0 Å². The van der Waals surface area contributed by atoms with Crippen LogP contribution in [0.5, 0.6) is 0 Å². The second kappa shape index (κ2) is 14.2. The zero-order valence-corrected chi connectivity index (χ0v) is 34.7. The van der Waals surface area contributed by atoms with Crippen LogP contribution in [0.1, 0.15) is 0 Å². The standard InChI is InChI=1S/C57H35N5S/c1-5-16-36(17-6-1)39-29-33-48-46(34-39)42-24-13-14-25-47(42)62(48)49-26-15-27-51-52(49)45-32-31-44-43-30-28-40(35-50(43)61(53(44)54(45)63-51)41-22-11-4-12-23-41)57-59-55(37-18-7-2-8-19-37)58-56(60-57)38-20-9-3-10-21-38/h1-35H. The van der Waals surface area contributed by atoms with Gasteiger partial charge in [-0.15, -0.1) is 11.3 Å². The van der Waals surface area contributed by atoms with Crippen LogP contribution in [0.3, 0.4) is 0 Å². The van der Waals surface area contributed by atoms with E-state index in [1.807, 2.05) is 47.7 Å². The Kier molecular flexibility index (Phi) is 8.01. The van der Waals surface area contributed by atoms with E-state index in [-0.39, 0.29) is 0 Å². The molecule has 0 aliphatic heterocycles. The molecule has 4 aromatic heterocycles. The summed E-state index contributed by atoms with van der Waals surface area (Å²) in [5.41, 5.74) is 12.2. The summed E-state index contributed by atoms with van der Waals surface area (Å²) in [5, 5.41) is 7.37. The third-order valence-corrected chi connectivity index (χ3v) is 13.5. The molecule has 0 aliphatic rings. The molecule has 0 fully saturated rings. The molecule has 5 nitrogen and oxygen atoms in total. The highest BCUT2D eigenvalue weighted by Gasteiger charge is 2.22. The minimum atomic E-state index is 0.633. The molecular weight excluding hydrogens is 787 g/mol. The number of hydrogen-bond donors (Lipinski definition) is 0. The average molecular weight is 822 g/mol. The van der Waals surface area contributed by atoms with Gasteiger partial charge >= 0.3 is 0 Å². The molecule has 294 valence electrons. The Hall–Kier alpha value is -8.19. The van der Waals surface area contributed by atoms with Crippen molar-refractivity contribution in [1.29, 1.82) is 0 Å². The Labute approximate surface area is 366 Å². The van der Waals surface area contributed by atoms with Crippen molar-refractivity contribution in [3.63, 3.8) is 0 Å². The van der Waals surface area contributed by atoms with Crippen molar-refractivity contribution in [3.8, 4) is 56.7 Å². The van der Waals surface area contributed by atoms with Crippen molar-refractivity contribution in [1.82, 2.24) is 24.1 Å². The minimum Gasteiger partial charge on any atom is -0.309 e. The Morgan fingerprint density at radius 3 is 1.60 bits per heavy atom. The second-order valence-electron chi connectivity index (χ2n) is 16.0. The van der Waals surface area contributed by atoms with Gasteiger partial charge in [-0.3, -0.25) is 0 Å². The molecule has 13 aromatic rings. The van der Waals surface area contributed by atoms with Gasteiger partial charge in [0.2, 0.25) is 0 Å². The summed E-state index contributed by atoms with van der Waals surface area (Å²) in [6.07, 6.45) is 0. The number of hydrogen-bond acceptors (Lipinski definition) is 4. The molecule has 0 bridgehead atoms. The smallest absolute Gasteiger partial charge is 0.164 e. The topological polar surface area (TPSA) is 48.5 Å². The first-order valence-corrected chi connectivity index (χ1v) is 22.0. The largest absolute Gasteiger partial charge is 0.309 e. The fourth-order valence-corrected chi connectivity index (χ4v) is 10.8. The van der Waals surface area contributed by atoms with Crippen LogP contribution in [0, 0.1) is 0 Å². The average Bonchev–Trinajstić information content (AvgIpc) is 4.02. The third-order valence-electron chi connectivity index (χ3n) is 12.4. The van der Waals surface area contributed by atoms with Gasteiger partial charge < -0.3 is 9.13 Å². The fourth-order valence-electron chi connectivity index (χ4n) is 9.51. The predicted octanol–water partition coefficient (Wildman–Crippen LogP) is 15.1. The zero-order chi connectivity index (χ0) is 41.4. The highest BCUT2D eigenvalue weighted by molar-refractivity contribution is 7.26. The summed E-state index contributed by atoms with van der Waals surface area (Å²) < 4.78 is 7.41. The first kappa shape index (κ1) is 35.6. The van der Waals surface area contributed by atoms with E-state index in [2.05, 4.69) is 185 Å². The molecule has 0 spiro atoms. The van der Waals surface area contributed by atoms with Crippen LogP contribution in [-0.4, -0.2) is 24.1 Å². The Balaban J connectivity index is 1.06. The Bertz CT molecular complexity index is 3830. The summed E-state index contributed by atoms with van der Waals surface area (Å²) in [5.74, 6) is 1.92. The lowest BCUT2D eigenvalue weighted by atomic mass is 10.0. The highest BCUT2D eigenvalue weighted by atomic mass is 32.1. The predicted molar refractivity (Wildman–Crippen MR) is 263 cm³/mol. The molecule has 0 N–H and O–H groups in total. The first-order chi connectivity index (χ1) is 31.2. The summed E-state index contributed by atoms with van der Waals surface area (Å²) in [6, 6.07) is 75.5. The van der Waals surface area contributed by atoms with E-state index in [9.17, 15) is 0 Å². The summed E-state index contributed by atoms with van der Waals surface area (Å²) in [7, 11) is 0. The van der Waals surface area contributed by atoms with E-state index >= 15 is 0 Å². The molecule has 63 heavy (non-hydrogen) atoms. The maximum absolute atomic E-state index is 5.11. The second-order valence-corrected chi connectivity index (χ2v) is 17.0. The van der Waals surface area contributed by atoms with Gasteiger partial charge in [0, 0.05) is 59.4 Å². The number of rotatable bonds is 6. The molecule has 0 atom stereocenters. The molecule has 0 saturated carbocycles. The van der Waals surface area contributed by atoms with Crippen LogP contribution >= 0.6 is 11.3 Å². The number of fused-ring (bicyclic) bond motifs is 10. The van der Waals surface area contributed by atoms with Crippen molar-refractivity contribution in [2.24, 2.45) is 0 Å². The van der Waals surface area contributed by atoms with Gasteiger partial charge in [0.15, 0.2) is 17.5 Å². The van der Waals surface area contributed by atoms with Gasteiger partial charge in [-0.25, -0.2) is 15.0 Å². The summed E-state index contributed by atoms with van der Waals surface area (Å²) in [4.78, 5) is 15.2. The van der Waals surface area contributed by atoms with Crippen molar-refractivity contribution in [2.75, 3.05) is 0 Å². The quantitative estimate of drug-likeness (QED) is 0.168. The SMILES string of the molecule is c1ccc(-c2ccc3c(c2)c2ccccc2n3-c2cccc3sc4c(ccc5c6ccc(-c7nc(-c8ccccc8)nc(-c8ccccc8)n7)cc6n(-c6ccccc6)c54)c23)cc1. The molecule has 9 aromatic carbocycles. The van der Waals surface area contributed by atoms with Crippen LogP contribution in [-0.2, 0) is 0 Å². The van der Waals surface area contributed by atoms with Gasteiger partial charge in [0.1, 0.15) is 0 Å². The fraction of sp³-hybridized carbons (Fsp3) is 0. The number of nitrogens with zero attached hydrogens (tertiary/aromatic N) is 5. The van der Waals surface area contributed by atoms with Gasteiger partial charge in [-0.2, -0.15) is 0 Å². The number of aromatic nitrogens is 5. The van der Waals surface area contributed by atoms with E-state index in [1.165, 1.54) is 75.1 Å². The number of para-hydroxylation sites is 2.